The van der Waals surface area contributed by atoms with Gasteiger partial charge in [-0.25, -0.2) is 13.8 Å². The molecule has 88 valence electrons. The number of aromatic nitrogens is 1. The van der Waals surface area contributed by atoms with Gasteiger partial charge in [0.15, 0.2) is 0 Å². The van der Waals surface area contributed by atoms with Crippen molar-refractivity contribution in [3.63, 3.8) is 0 Å². The number of hydrogen-bond acceptors (Lipinski definition) is 3. The standard InChI is InChI=1S/C12H10F2N2S/c1-7-6-16-12(5-10(7)15)17-11-4-8(13)2-3-9(11)14/h2-6H,1H3,(H2,15,16). The number of aryl methyl sites for hydroxylation is 1. The summed E-state index contributed by atoms with van der Waals surface area (Å²) in [5, 5.41) is 0.539. The highest BCUT2D eigenvalue weighted by molar-refractivity contribution is 7.99. The van der Waals surface area contributed by atoms with Crippen molar-refractivity contribution in [2.24, 2.45) is 0 Å². The van der Waals surface area contributed by atoms with Gasteiger partial charge in [0.2, 0.25) is 0 Å². The molecule has 0 atom stereocenters. The minimum atomic E-state index is -0.478. The second-order valence-corrected chi connectivity index (χ2v) is 4.62. The first-order chi connectivity index (χ1) is 8.06. The smallest absolute Gasteiger partial charge is 0.137 e. The number of nitrogens with two attached hydrogens (primary N) is 1. The molecule has 2 nitrogen and oxygen atoms in total. The summed E-state index contributed by atoms with van der Waals surface area (Å²) in [6.45, 7) is 1.83. The average Bonchev–Trinajstić information content (AvgIpc) is 2.29. The molecule has 2 rings (SSSR count). The molecule has 0 aliphatic carbocycles. The highest BCUT2D eigenvalue weighted by Gasteiger charge is 2.07. The predicted octanol–water partition coefficient (Wildman–Crippen LogP) is 3.40. The van der Waals surface area contributed by atoms with Gasteiger partial charge in [-0.15, -0.1) is 0 Å². The topological polar surface area (TPSA) is 38.9 Å². The maximum absolute atomic E-state index is 13.4. The summed E-state index contributed by atoms with van der Waals surface area (Å²) in [6, 6.07) is 4.95. The van der Waals surface area contributed by atoms with Crippen molar-refractivity contribution in [2.45, 2.75) is 16.8 Å². The molecule has 1 heterocycles. The van der Waals surface area contributed by atoms with Crippen LogP contribution < -0.4 is 5.73 Å². The maximum atomic E-state index is 13.4. The highest BCUT2D eigenvalue weighted by Crippen LogP contribution is 2.30. The van der Waals surface area contributed by atoms with Crippen LogP contribution >= 0.6 is 11.8 Å². The van der Waals surface area contributed by atoms with Crippen molar-refractivity contribution in [3.05, 3.63) is 47.7 Å². The van der Waals surface area contributed by atoms with Crippen molar-refractivity contribution in [1.82, 2.24) is 4.98 Å². The summed E-state index contributed by atoms with van der Waals surface area (Å²) in [5.74, 6) is -0.952. The summed E-state index contributed by atoms with van der Waals surface area (Å²) in [4.78, 5) is 4.29. The first-order valence-electron chi connectivity index (χ1n) is 4.91. The Hall–Kier alpha value is -1.62. The molecule has 0 bridgehead atoms. The van der Waals surface area contributed by atoms with Crippen LogP contribution in [0, 0.1) is 18.6 Å². The van der Waals surface area contributed by atoms with Crippen LogP contribution in [0.25, 0.3) is 0 Å². The quantitative estimate of drug-likeness (QED) is 0.890. The fourth-order valence-electron chi connectivity index (χ4n) is 1.24. The lowest BCUT2D eigenvalue weighted by atomic mass is 10.3. The highest BCUT2D eigenvalue weighted by atomic mass is 32.2. The zero-order chi connectivity index (χ0) is 12.4. The lowest BCUT2D eigenvalue weighted by Crippen LogP contribution is -1.92. The van der Waals surface area contributed by atoms with E-state index in [9.17, 15) is 8.78 Å². The Balaban J connectivity index is 2.31. The number of anilines is 1. The molecule has 0 aliphatic rings. The molecule has 0 saturated carbocycles. The van der Waals surface area contributed by atoms with Crippen LogP contribution in [0.4, 0.5) is 14.5 Å². The zero-order valence-corrected chi connectivity index (χ0v) is 9.89. The van der Waals surface area contributed by atoms with E-state index in [0.29, 0.717) is 10.7 Å². The van der Waals surface area contributed by atoms with Gasteiger partial charge in [0, 0.05) is 11.9 Å². The van der Waals surface area contributed by atoms with Crippen LogP contribution in [0.15, 0.2) is 40.4 Å². The molecule has 0 fully saturated rings. The molecule has 0 amide bonds. The van der Waals surface area contributed by atoms with Crippen LogP contribution in [0.5, 0.6) is 0 Å². The third-order valence-electron chi connectivity index (χ3n) is 2.23. The van der Waals surface area contributed by atoms with E-state index in [0.717, 1.165) is 35.5 Å². The monoisotopic (exact) mass is 252 g/mol. The molecule has 1 aromatic heterocycles. The van der Waals surface area contributed by atoms with Crippen molar-refractivity contribution in [3.8, 4) is 0 Å². The Morgan fingerprint density at radius 1 is 1.24 bits per heavy atom. The average molecular weight is 252 g/mol. The Bertz CT molecular complexity index is 558. The molecule has 2 N–H and O–H groups in total. The van der Waals surface area contributed by atoms with Crippen LogP contribution in [-0.2, 0) is 0 Å². The van der Waals surface area contributed by atoms with Gasteiger partial charge in [-0.05, 0) is 36.8 Å². The normalized spacial score (nSPS) is 10.5. The molecule has 0 aliphatic heterocycles. The molecular weight excluding hydrogens is 242 g/mol. The van der Waals surface area contributed by atoms with Crippen LogP contribution in [-0.4, -0.2) is 4.98 Å². The van der Waals surface area contributed by atoms with Gasteiger partial charge in [-0.3, -0.25) is 0 Å². The lowest BCUT2D eigenvalue weighted by molar-refractivity contribution is 0.577. The van der Waals surface area contributed by atoms with Crippen LogP contribution in [0.2, 0.25) is 0 Å². The van der Waals surface area contributed by atoms with Crippen molar-refractivity contribution < 1.29 is 8.78 Å². The second-order valence-electron chi connectivity index (χ2n) is 3.56. The maximum Gasteiger partial charge on any atom is 0.137 e. The van der Waals surface area contributed by atoms with Gasteiger partial charge < -0.3 is 5.73 Å². The number of benzene rings is 1. The summed E-state index contributed by atoms with van der Waals surface area (Å²) in [6.07, 6.45) is 1.61. The van der Waals surface area contributed by atoms with E-state index in [1.54, 1.807) is 12.3 Å². The minimum absolute atomic E-state index is 0.195. The van der Waals surface area contributed by atoms with Gasteiger partial charge in [-0.2, -0.15) is 0 Å². The molecule has 2 aromatic rings. The Labute approximate surface area is 102 Å². The van der Waals surface area contributed by atoms with Crippen molar-refractivity contribution in [1.29, 1.82) is 0 Å². The summed E-state index contributed by atoms with van der Waals surface area (Å²) in [7, 11) is 0. The molecule has 5 heteroatoms. The minimum Gasteiger partial charge on any atom is -0.398 e. The predicted molar refractivity (Wildman–Crippen MR) is 63.9 cm³/mol. The van der Waals surface area contributed by atoms with Gasteiger partial charge in [0.05, 0.1) is 4.90 Å². The van der Waals surface area contributed by atoms with E-state index in [4.69, 9.17) is 5.73 Å². The first kappa shape index (κ1) is 11.9. The second kappa shape index (κ2) is 4.71. The molecule has 0 unspecified atom stereocenters. The molecule has 0 saturated heterocycles. The summed E-state index contributed by atoms with van der Waals surface area (Å²) in [5.41, 5.74) is 7.16. The van der Waals surface area contributed by atoms with Gasteiger partial charge in [0.25, 0.3) is 0 Å². The van der Waals surface area contributed by atoms with E-state index >= 15 is 0 Å². The van der Waals surface area contributed by atoms with E-state index < -0.39 is 11.6 Å². The summed E-state index contributed by atoms with van der Waals surface area (Å²) < 4.78 is 26.4. The number of nitrogens with zero attached hydrogens (tertiary/aromatic N) is 1. The third kappa shape index (κ3) is 2.74. The molecule has 17 heavy (non-hydrogen) atoms. The number of rotatable bonds is 2. The molecular formula is C12H10F2N2S. The third-order valence-corrected chi connectivity index (χ3v) is 3.19. The molecule has 1 aromatic carbocycles. The van der Waals surface area contributed by atoms with E-state index in [1.165, 1.54) is 0 Å². The molecule has 0 radical (unpaired) electrons. The van der Waals surface area contributed by atoms with Crippen LogP contribution in [0.1, 0.15) is 5.56 Å². The summed E-state index contributed by atoms with van der Waals surface area (Å²) >= 11 is 1.05. The fourth-order valence-corrected chi connectivity index (χ4v) is 2.10. The first-order valence-corrected chi connectivity index (χ1v) is 5.73. The van der Waals surface area contributed by atoms with Crippen molar-refractivity contribution >= 4 is 17.4 Å². The Morgan fingerprint density at radius 3 is 2.71 bits per heavy atom. The van der Waals surface area contributed by atoms with E-state index in [2.05, 4.69) is 4.98 Å². The number of nitrogen functional groups attached to an aromatic ring is 1. The molecule has 0 spiro atoms. The number of hydrogen-bond donors (Lipinski definition) is 1. The zero-order valence-electron chi connectivity index (χ0n) is 9.08. The fraction of sp³-hybridized carbons (Fsp3) is 0.0833. The largest absolute Gasteiger partial charge is 0.398 e. The number of halogens is 2. The van der Waals surface area contributed by atoms with Gasteiger partial charge in [-0.1, -0.05) is 11.8 Å². The van der Waals surface area contributed by atoms with Gasteiger partial charge >= 0.3 is 0 Å². The van der Waals surface area contributed by atoms with Crippen LogP contribution in [0.3, 0.4) is 0 Å². The van der Waals surface area contributed by atoms with E-state index in [-0.39, 0.29) is 4.90 Å². The van der Waals surface area contributed by atoms with Crippen molar-refractivity contribution in [2.75, 3.05) is 5.73 Å². The Kier molecular flexibility index (Phi) is 3.28. The Morgan fingerprint density at radius 2 is 2.00 bits per heavy atom. The van der Waals surface area contributed by atoms with Gasteiger partial charge in [0.1, 0.15) is 16.7 Å². The number of pyridine rings is 1. The SMILES string of the molecule is Cc1cnc(Sc2cc(F)ccc2F)cc1N. The lowest BCUT2D eigenvalue weighted by Gasteiger charge is -2.05. The van der Waals surface area contributed by atoms with E-state index in [1.807, 2.05) is 6.92 Å².